The first-order valence-corrected chi connectivity index (χ1v) is 5.04. The molecule has 0 saturated carbocycles. The molecule has 0 heterocycles. The normalized spacial score (nSPS) is 7.25. The van der Waals surface area contributed by atoms with Gasteiger partial charge in [-0.15, -0.1) is 0 Å². The van der Waals surface area contributed by atoms with E-state index in [4.69, 9.17) is 9.59 Å². The maximum Gasteiger partial charge on any atom is 4.00 e. The van der Waals surface area contributed by atoms with E-state index in [-0.39, 0.29) is 19.5 Å². The first-order valence-electron chi connectivity index (χ1n) is 5.04. The molecule has 0 radical (unpaired) electrons. The second kappa shape index (κ2) is 36.3. The van der Waals surface area contributed by atoms with Crippen molar-refractivity contribution in [3.05, 3.63) is 5.92 Å². The Kier molecular flexibility index (Phi) is 67.5. The van der Waals surface area contributed by atoms with Crippen molar-refractivity contribution in [1.29, 1.82) is 0 Å². The maximum atomic E-state index is 7.75. The van der Waals surface area contributed by atoms with E-state index in [2.05, 4.69) is 60.0 Å². The number of carbonyl (C=O) groups excluding carboxylic acids is 2. The van der Waals surface area contributed by atoms with Gasteiger partial charge in [-0.05, 0) is 19.6 Å². The SMILES string of the molecule is CCN(CC)CC.C[C-](C)C.[CH-]=O.[CH-]=O.[Ru+4]. The number of hydrogen-bond donors (Lipinski definition) is 0. The Morgan fingerprint density at radius 2 is 0.938 bits per heavy atom. The van der Waals surface area contributed by atoms with Crippen LogP contribution in [-0.4, -0.2) is 38.1 Å². The van der Waals surface area contributed by atoms with Gasteiger partial charge in [-0.3, -0.25) is 13.6 Å². The smallest absolute Gasteiger partial charge is 0.545 e. The van der Waals surface area contributed by atoms with E-state index in [1.54, 1.807) is 0 Å². The van der Waals surface area contributed by atoms with E-state index >= 15 is 0 Å². The summed E-state index contributed by atoms with van der Waals surface area (Å²) in [5.41, 5.74) is 0. The molecule has 4 heteroatoms. The van der Waals surface area contributed by atoms with Crippen LogP contribution in [0.2, 0.25) is 0 Å². The summed E-state index contributed by atoms with van der Waals surface area (Å²) in [5, 5.41) is 0. The molecule has 0 bridgehead atoms. The maximum absolute atomic E-state index is 7.75. The van der Waals surface area contributed by atoms with Crippen LogP contribution in [0.4, 0.5) is 0 Å². The first kappa shape index (κ1) is 29.7. The number of hydrogen-bond acceptors (Lipinski definition) is 3. The third kappa shape index (κ3) is 66.3. The van der Waals surface area contributed by atoms with E-state index < -0.39 is 0 Å². The Morgan fingerprint density at radius 3 is 0.938 bits per heavy atom. The fourth-order valence-electron chi connectivity index (χ4n) is 0.671. The van der Waals surface area contributed by atoms with Gasteiger partial charge in [-0.2, -0.15) is 20.8 Å². The van der Waals surface area contributed by atoms with Crippen molar-refractivity contribution < 1.29 is 29.1 Å². The molecule has 0 rings (SSSR count). The van der Waals surface area contributed by atoms with Crippen LogP contribution in [0, 0.1) is 5.92 Å². The van der Waals surface area contributed by atoms with Crippen LogP contribution in [0.1, 0.15) is 41.5 Å². The fourth-order valence-corrected chi connectivity index (χ4v) is 0.671. The van der Waals surface area contributed by atoms with Gasteiger partial charge in [-0.25, -0.2) is 0 Å². The van der Waals surface area contributed by atoms with Gasteiger partial charge in [0, 0.05) is 0 Å². The van der Waals surface area contributed by atoms with E-state index in [0.29, 0.717) is 0 Å². The molecule has 0 aliphatic rings. The van der Waals surface area contributed by atoms with Crippen LogP contribution in [0.25, 0.3) is 0 Å². The van der Waals surface area contributed by atoms with Crippen LogP contribution in [0.15, 0.2) is 0 Å². The monoisotopic (exact) mass is 318 g/mol. The van der Waals surface area contributed by atoms with E-state index in [1.807, 2.05) is 0 Å². The van der Waals surface area contributed by atoms with Gasteiger partial charge in [0.15, 0.2) is 0 Å². The van der Waals surface area contributed by atoms with E-state index in [0.717, 1.165) is 0 Å². The standard InChI is InChI=1S/C6H15N.C4H9.2CHO.Ru/c1-4-7(5-2)6-3;1-4(2)3;2*1-2;/h4-6H2,1-3H3;1-3H3;2*1H;/q;3*-1;+4. The molecule has 0 aromatic rings. The van der Waals surface area contributed by atoms with Crippen LogP contribution < -0.4 is 0 Å². The Hall–Kier alpha value is -0.0766. The summed E-state index contributed by atoms with van der Waals surface area (Å²) in [6, 6.07) is 0. The Labute approximate surface area is 115 Å². The zero-order valence-electron chi connectivity index (χ0n) is 11.4. The quantitative estimate of drug-likeness (QED) is 0.456. The fraction of sp³-hybridized carbons (Fsp3) is 0.750. The van der Waals surface area contributed by atoms with Crippen LogP contribution in [0.3, 0.4) is 0 Å². The summed E-state index contributed by atoms with van der Waals surface area (Å²) in [6.07, 6.45) is 0. The summed E-state index contributed by atoms with van der Waals surface area (Å²) in [7, 11) is 0. The average Bonchev–Trinajstić information content (AvgIpc) is 2.25. The van der Waals surface area contributed by atoms with Gasteiger partial charge in [0.25, 0.3) is 0 Å². The first-order chi connectivity index (χ1) is 7.08. The van der Waals surface area contributed by atoms with Crippen LogP contribution >= 0.6 is 0 Å². The summed E-state index contributed by atoms with van der Waals surface area (Å²) in [4.78, 5) is 17.9. The van der Waals surface area contributed by atoms with Crippen molar-refractivity contribution in [3.8, 4) is 0 Å². The minimum atomic E-state index is 0. The van der Waals surface area contributed by atoms with E-state index in [1.165, 1.54) is 25.6 Å². The molecule has 0 fully saturated rings. The molecule has 0 unspecified atom stereocenters. The average molecular weight is 317 g/mol. The van der Waals surface area contributed by atoms with Crippen LogP contribution in [0.5, 0.6) is 0 Å². The molecule has 0 saturated heterocycles. The van der Waals surface area contributed by atoms with Gasteiger partial charge >= 0.3 is 19.5 Å². The Balaban J connectivity index is -0.0000000388. The second-order valence-corrected chi connectivity index (χ2v) is 3.12. The second-order valence-electron chi connectivity index (χ2n) is 3.12. The molecule has 0 atom stereocenters. The molecule has 98 valence electrons. The zero-order chi connectivity index (χ0) is 13.3. The third-order valence-electron chi connectivity index (χ3n) is 1.34. The molecule has 0 aromatic heterocycles. The van der Waals surface area contributed by atoms with Crippen LogP contribution in [-0.2, 0) is 29.1 Å². The predicted molar refractivity (Wildman–Crippen MR) is 67.2 cm³/mol. The van der Waals surface area contributed by atoms with Crippen molar-refractivity contribution in [2.75, 3.05) is 19.6 Å². The minimum absolute atomic E-state index is 0. The molecule has 0 aliphatic carbocycles. The largest absolute Gasteiger partial charge is 4.00 e. The number of rotatable bonds is 3. The van der Waals surface area contributed by atoms with Gasteiger partial charge in [0.05, 0.1) is 0 Å². The van der Waals surface area contributed by atoms with Crippen molar-refractivity contribution >= 4 is 13.6 Å². The summed E-state index contributed by atoms with van der Waals surface area (Å²) in [5.74, 6) is 1.42. The summed E-state index contributed by atoms with van der Waals surface area (Å²) >= 11 is 0. The van der Waals surface area contributed by atoms with Crippen molar-refractivity contribution in [2.24, 2.45) is 0 Å². The Bertz CT molecular complexity index is 78.8. The van der Waals surface area contributed by atoms with Gasteiger partial charge in [0.2, 0.25) is 0 Å². The molecular formula is C12H26NO2Ru+. The van der Waals surface area contributed by atoms with Crippen molar-refractivity contribution in [1.82, 2.24) is 4.90 Å². The summed E-state index contributed by atoms with van der Waals surface area (Å²) < 4.78 is 0. The minimum Gasteiger partial charge on any atom is -0.545 e. The molecule has 0 aromatic carbocycles. The molecular weight excluding hydrogens is 291 g/mol. The zero-order valence-corrected chi connectivity index (χ0v) is 13.1. The Morgan fingerprint density at radius 1 is 0.812 bits per heavy atom. The third-order valence-corrected chi connectivity index (χ3v) is 1.34. The summed E-state index contributed by atoms with van der Waals surface area (Å²) in [6.45, 7) is 22.9. The molecule has 0 aliphatic heterocycles. The van der Waals surface area contributed by atoms with Gasteiger partial charge < -0.3 is 20.4 Å². The van der Waals surface area contributed by atoms with Crippen molar-refractivity contribution in [3.63, 3.8) is 0 Å². The molecule has 3 nitrogen and oxygen atoms in total. The predicted octanol–water partition coefficient (Wildman–Crippen LogP) is 2.42. The molecule has 16 heavy (non-hydrogen) atoms. The number of nitrogens with zero attached hydrogens (tertiary/aromatic N) is 1. The van der Waals surface area contributed by atoms with Gasteiger partial charge in [0.1, 0.15) is 0 Å². The molecule has 0 spiro atoms. The topological polar surface area (TPSA) is 37.4 Å². The molecule has 0 amide bonds. The van der Waals surface area contributed by atoms with Crippen molar-refractivity contribution in [2.45, 2.75) is 41.5 Å². The van der Waals surface area contributed by atoms with Gasteiger partial charge in [-0.1, -0.05) is 20.8 Å². The molecule has 0 N–H and O–H groups in total. The van der Waals surface area contributed by atoms with E-state index in [9.17, 15) is 0 Å².